The van der Waals surface area contributed by atoms with Crippen LogP contribution in [0.3, 0.4) is 0 Å². The van der Waals surface area contributed by atoms with Gasteiger partial charge in [-0.15, -0.1) is 0 Å². The fourth-order valence-corrected chi connectivity index (χ4v) is 4.09. The maximum Gasteiger partial charge on any atom is 0.241 e. The van der Waals surface area contributed by atoms with Crippen molar-refractivity contribution in [2.75, 3.05) is 26.4 Å². The highest BCUT2D eigenvalue weighted by Crippen LogP contribution is 2.30. The monoisotopic (exact) mass is 508 g/mol. The van der Waals surface area contributed by atoms with E-state index in [1.165, 1.54) is 0 Å². The first kappa shape index (κ1) is 22.8. The summed E-state index contributed by atoms with van der Waals surface area (Å²) in [6, 6.07) is 23.6. The summed E-state index contributed by atoms with van der Waals surface area (Å²) in [4.78, 5) is 8.71. The van der Waals surface area contributed by atoms with Crippen molar-refractivity contribution in [2.45, 2.75) is 12.2 Å². The zero-order valence-electron chi connectivity index (χ0n) is 20.4. The number of hydrogen-bond donors (Lipinski definition) is 0. The van der Waals surface area contributed by atoms with Gasteiger partial charge in [-0.2, -0.15) is 4.98 Å². The van der Waals surface area contributed by atoms with Crippen LogP contribution in [0.25, 0.3) is 21.5 Å². The maximum atomic E-state index is 5.99. The van der Waals surface area contributed by atoms with Crippen LogP contribution in [0.5, 0.6) is 34.8 Å². The Morgan fingerprint density at radius 1 is 0.579 bits per heavy atom. The minimum absolute atomic E-state index is 0.226. The van der Waals surface area contributed by atoms with Crippen LogP contribution in [0.15, 0.2) is 85.2 Å². The van der Waals surface area contributed by atoms with Crippen LogP contribution in [0.1, 0.15) is 0 Å². The third-order valence-electron chi connectivity index (χ3n) is 6.28. The number of aromatic nitrogens is 2. The largest absolute Gasteiger partial charge is 0.491 e. The van der Waals surface area contributed by atoms with Crippen molar-refractivity contribution in [3.05, 3.63) is 85.2 Å². The van der Waals surface area contributed by atoms with E-state index in [9.17, 15) is 0 Å². The molecule has 0 amide bonds. The summed E-state index contributed by atoms with van der Waals surface area (Å²) in [6.45, 7) is 2.71. The number of benzene rings is 4. The minimum Gasteiger partial charge on any atom is -0.491 e. The minimum atomic E-state index is 0.226. The molecule has 8 nitrogen and oxygen atoms in total. The van der Waals surface area contributed by atoms with Gasteiger partial charge < -0.3 is 28.4 Å². The number of ether oxygens (including phenoxy) is 6. The second-order valence-corrected chi connectivity index (χ2v) is 9.27. The smallest absolute Gasteiger partial charge is 0.241 e. The Morgan fingerprint density at radius 3 is 1.39 bits per heavy atom. The fraction of sp³-hybridized carbons (Fsp3) is 0.200. The SMILES string of the molecule is c1cc2cc(Oc3cncc(Oc4ccc5cc(OCC6CO6)ccc5c4)n3)ccc2cc1OCC1CO1. The Balaban J connectivity index is 1.02. The Bertz CT molecular complexity index is 1500. The van der Waals surface area contributed by atoms with E-state index >= 15 is 0 Å². The lowest BCUT2D eigenvalue weighted by molar-refractivity contribution is 0.263. The van der Waals surface area contributed by atoms with E-state index < -0.39 is 0 Å². The average molecular weight is 509 g/mol. The molecule has 7 rings (SSSR count). The molecular formula is C30H24N2O6. The second-order valence-electron chi connectivity index (χ2n) is 9.27. The van der Waals surface area contributed by atoms with Crippen molar-refractivity contribution in [3.8, 4) is 34.8 Å². The van der Waals surface area contributed by atoms with E-state index in [0.717, 1.165) is 46.3 Å². The summed E-state index contributed by atoms with van der Waals surface area (Å²) in [5.41, 5.74) is 0. The summed E-state index contributed by atoms with van der Waals surface area (Å²) in [6.07, 6.45) is 3.57. The van der Waals surface area contributed by atoms with Crippen LogP contribution in [0.4, 0.5) is 0 Å². The molecule has 0 spiro atoms. The van der Waals surface area contributed by atoms with Crippen LogP contribution in [0.2, 0.25) is 0 Å². The lowest BCUT2D eigenvalue weighted by Gasteiger charge is -2.10. The number of rotatable bonds is 10. The van der Waals surface area contributed by atoms with Crippen LogP contribution >= 0.6 is 0 Å². The summed E-state index contributed by atoms with van der Waals surface area (Å²) in [5.74, 6) is 3.64. The molecule has 38 heavy (non-hydrogen) atoms. The summed E-state index contributed by atoms with van der Waals surface area (Å²) in [7, 11) is 0. The van der Waals surface area contributed by atoms with E-state index in [-0.39, 0.29) is 12.2 Å². The molecule has 1 aromatic heterocycles. The first-order valence-corrected chi connectivity index (χ1v) is 12.5. The molecule has 8 heteroatoms. The molecule has 2 aliphatic heterocycles. The molecule has 2 unspecified atom stereocenters. The van der Waals surface area contributed by atoms with Gasteiger partial charge in [0.15, 0.2) is 0 Å². The fourth-order valence-electron chi connectivity index (χ4n) is 4.09. The van der Waals surface area contributed by atoms with Gasteiger partial charge in [-0.05, 0) is 70.1 Å². The van der Waals surface area contributed by atoms with Crippen molar-refractivity contribution in [1.29, 1.82) is 0 Å². The summed E-state index contributed by atoms with van der Waals surface area (Å²) < 4.78 is 33.9. The van der Waals surface area contributed by atoms with Gasteiger partial charge in [0.2, 0.25) is 11.8 Å². The molecule has 5 aromatic rings. The molecule has 0 saturated carbocycles. The third-order valence-corrected chi connectivity index (χ3v) is 6.28. The Morgan fingerprint density at radius 2 is 0.974 bits per heavy atom. The molecule has 0 radical (unpaired) electrons. The van der Waals surface area contributed by atoms with Gasteiger partial charge in [-0.1, -0.05) is 24.3 Å². The van der Waals surface area contributed by atoms with Gasteiger partial charge in [-0.25, -0.2) is 0 Å². The topological polar surface area (TPSA) is 87.8 Å². The normalized spacial score (nSPS) is 17.8. The molecule has 0 bridgehead atoms. The molecule has 0 N–H and O–H groups in total. The maximum absolute atomic E-state index is 5.99. The van der Waals surface area contributed by atoms with E-state index in [4.69, 9.17) is 28.4 Å². The Labute approximate surface area is 218 Å². The van der Waals surface area contributed by atoms with Gasteiger partial charge in [-0.3, -0.25) is 4.98 Å². The van der Waals surface area contributed by atoms with Crippen LogP contribution in [0, 0.1) is 0 Å². The highest BCUT2D eigenvalue weighted by molar-refractivity contribution is 5.86. The van der Waals surface area contributed by atoms with Crippen molar-refractivity contribution >= 4 is 21.5 Å². The first-order chi connectivity index (χ1) is 18.7. The van der Waals surface area contributed by atoms with E-state index in [1.54, 1.807) is 12.4 Å². The zero-order valence-corrected chi connectivity index (χ0v) is 20.4. The highest BCUT2D eigenvalue weighted by atomic mass is 16.6. The molecule has 2 saturated heterocycles. The van der Waals surface area contributed by atoms with Crippen molar-refractivity contribution in [1.82, 2.24) is 9.97 Å². The van der Waals surface area contributed by atoms with Crippen LogP contribution in [-0.4, -0.2) is 48.6 Å². The number of nitrogens with zero attached hydrogens (tertiary/aromatic N) is 2. The summed E-state index contributed by atoms with van der Waals surface area (Å²) in [5, 5.41) is 4.18. The molecule has 3 heterocycles. The predicted octanol–water partition coefficient (Wildman–Crippen LogP) is 5.92. The van der Waals surface area contributed by atoms with Crippen molar-refractivity contribution in [2.24, 2.45) is 0 Å². The molecule has 2 fully saturated rings. The van der Waals surface area contributed by atoms with Gasteiger partial charge in [0.1, 0.15) is 48.4 Å². The molecule has 0 aliphatic carbocycles. The lowest BCUT2D eigenvalue weighted by Crippen LogP contribution is -2.03. The standard InChI is InChI=1S/C30H24N2O6/c1-5-23(33-15-27-17-35-27)9-19-3-7-25(11-21(1)19)37-29-13-31-14-30(32-29)38-26-8-4-20-10-24(6-2-22(20)12-26)34-16-28-18-36-28/h1-14,27-28H,15-18H2. The average Bonchev–Trinajstić information content (AvgIpc) is 3.86. The number of epoxide rings is 2. The van der Waals surface area contributed by atoms with E-state index in [1.807, 2.05) is 72.8 Å². The molecule has 2 atom stereocenters. The second kappa shape index (κ2) is 9.81. The molecule has 190 valence electrons. The summed E-state index contributed by atoms with van der Waals surface area (Å²) >= 11 is 0. The van der Waals surface area contributed by atoms with Gasteiger partial charge in [0.25, 0.3) is 0 Å². The zero-order chi connectivity index (χ0) is 25.3. The van der Waals surface area contributed by atoms with Crippen molar-refractivity contribution < 1.29 is 28.4 Å². The van der Waals surface area contributed by atoms with E-state index in [0.29, 0.717) is 36.5 Å². The molecular weight excluding hydrogens is 484 g/mol. The van der Waals surface area contributed by atoms with E-state index in [2.05, 4.69) is 9.97 Å². The number of hydrogen-bond acceptors (Lipinski definition) is 8. The quantitative estimate of drug-likeness (QED) is 0.215. The number of fused-ring (bicyclic) bond motifs is 2. The molecule has 2 aliphatic rings. The van der Waals surface area contributed by atoms with Crippen LogP contribution in [-0.2, 0) is 9.47 Å². The Hall–Kier alpha value is -4.40. The van der Waals surface area contributed by atoms with Crippen molar-refractivity contribution in [3.63, 3.8) is 0 Å². The van der Waals surface area contributed by atoms with Gasteiger partial charge in [0.05, 0.1) is 25.6 Å². The van der Waals surface area contributed by atoms with Gasteiger partial charge >= 0.3 is 0 Å². The third kappa shape index (κ3) is 5.46. The van der Waals surface area contributed by atoms with Crippen LogP contribution < -0.4 is 18.9 Å². The molecule has 4 aromatic carbocycles. The Kier molecular flexibility index (Phi) is 5.88. The first-order valence-electron chi connectivity index (χ1n) is 12.5. The highest BCUT2D eigenvalue weighted by Gasteiger charge is 2.23. The van der Waals surface area contributed by atoms with Gasteiger partial charge in [0, 0.05) is 0 Å². The lowest BCUT2D eigenvalue weighted by atomic mass is 10.1. The predicted molar refractivity (Wildman–Crippen MR) is 141 cm³/mol.